The zero-order chi connectivity index (χ0) is 11.0. The van der Waals surface area contributed by atoms with Crippen LogP contribution in [0.25, 0.3) is 0 Å². The Morgan fingerprint density at radius 2 is 2.14 bits per heavy atom. The summed E-state index contributed by atoms with van der Waals surface area (Å²) in [4.78, 5) is 10.3. The highest BCUT2D eigenvalue weighted by atomic mass is 16.1. The highest BCUT2D eigenvalue weighted by Crippen LogP contribution is 2.11. The van der Waals surface area contributed by atoms with E-state index in [-0.39, 0.29) is 0 Å². The van der Waals surface area contributed by atoms with Crippen molar-refractivity contribution in [3.8, 4) is 0 Å². The largest absolute Gasteiger partial charge is 0.298 e. The van der Waals surface area contributed by atoms with E-state index in [2.05, 4.69) is 26.2 Å². The number of allylic oxidation sites excluding steroid dienone is 4. The van der Waals surface area contributed by atoms with Crippen molar-refractivity contribution in [3.05, 3.63) is 36.5 Å². The van der Waals surface area contributed by atoms with Crippen LogP contribution < -0.4 is 0 Å². The maximum absolute atomic E-state index is 10.3. The highest BCUT2D eigenvalue weighted by molar-refractivity contribution is 5.72. The number of hydrogen-bond donors (Lipinski definition) is 0. The molecule has 0 N–H and O–H groups in total. The lowest BCUT2D eigenvalue weighted by Gasteiger charge is -2.03. The minimum absolute atomic E-state index is 0.563. The molecule has 0 fully saturated rings. The number of carbonyl (C=O) groups excluding carboxylic acids is 1. The molecule has 0 aromatic rings. The molecule has 0 amide bonds. The van der Waals surface area contributed by atoms with Crippen molar-refractivity contribution >= 4 is 6.29 Å². The first kappa shape index (κ1) is 12.9. The second-order valence-corrected chi connectivity index (χ2v) is 3.79. The predicted octanol–water partition coefficient (Wildman–Crippen LogP) is 3.68. The monoisotopic (exact) mass is 192 g/mol. The molecule has 1 heteroatoms. The van der Waals surface area contributed by atoms with E-state index >= 15 is 0 Å². The molecule has 0 radical (unpaired) electrons. The predicted molar refractivity (Wildman–Crippen MR) is 62.2 cm³/mol. The molecule has 1 nitrogen and oxygen atoms in total. The SMILES string of the molecule is C=CC(C)CC/C=C(\C)CC(=C)C=O. The van der Waals surface area contributed by atoms with Crippen molar-refractivity contribution in [1.82, 2.24) is 0 Å². The fourth-order valence-corrected chi connectivity index (χ4v) is 1.18. The maximum Gasteiger partial charge on any atom is 0.145 e. The zero-order valence-electron chi connectivity index (χ0n) is 9.25. The highest BCUT2D eigenvalue weighted by Gasteiger charge is 1.96. The fraction of sp³-hybridized carbons (Fsp3) is 0.462. The second kappa shape index (κ2) is 7.31. The van der Waals surface area contributed by atoms with Gasteiger partial charge in [0, 0.05) is 0 Å². The molecule has 1 unspecified atom stereocenters. The maximum atomic E-state index is 10.3. The molecule has 14 heavy (non-hydrogen) atoms. The van der Waals surface area contributed by atoms with Crippen LogP contribution in [-0.4, -0.2) is 6.29 Å². The molecule has 0 rings (SSSR count). The Morgan fingerprint density at radius 3 is 2.64 bits per heavy atom. The Hall–Kier alpha value is -1.11. The summed E-state index contributed by atoms with van der Waals surface area (Å²) in [6.45, 7) is 11.6. The molecule has 0 heterocycles. The van der Waals surface area contributed by atoms with E-state index in [4.69, 9.17) is 0 Å². The lowest BCUT2D eigenvalue weighted by atomic mass is 10.0. The second-order valence-electron chi connectivity index (χ2n) is 3.79. The first-order valence-electron chi connectivity index (χ1n) is 5.01. The van der Waals surface area contributed by atoms with Gasteiger partial charge in [-0.05, 0) is 37.7 Å². The minimum Gasteiger partial charge on any atom is -0.298 e. The molecule has 0 aliphatic rings. The third-order valence-corrected chi connectivity index (χ3v) is 2.19. The van der Waals surface area contributed by atoms with E-state index in [9.17, 15) is 4.79 Å². The van der Waals surface area contributed by atoms with Gasteiger partial charge in [0.2, 0.25) is 0 Å². The first-order chi connectivity index (χ1) is 6.60. The molecule has 0 aliphatic carbocycles. The molecule has 0 aromatic carbocycles. The molecule has 0 spiro atoms. The van der Waals surface area contributed by atoms with E-state index in [0.717, 1.165) is 19.1 Å². The topological polar surface area (TPSA) is 17.1 Å². The van der Waals surface area contributed by atoms with E-state index in [1.54, 1.807) is 0 Å². The van der Waals surface area contributed by atoms with Gasteiger partial charge in [0.25, 0.3) is 0 Å². The molecule has 0 bridgehead atoms. The third kappa shape index (κ3) is 6.41. The lowest BCUT2D eigenvalue weighted by molar-refractivity contribution is -0.104. The van der Waals surface area contributed by atoms with E-state index in [1.807, 2.05) is 13.0 Å². The van der Waals surface area contributed by atoms with Gasteiger partial charge in [-0.2, -0.15) is 0 Å². The van der Waals surface area contributed by atoms with Crippen LogP contribution in [0.1, 0.15) is 33.1 Å². The Bertz CT molecular complexity index is 236. The molecule has 0 aromatic heterocycles. The standard InChI is InChI=1S/C13H20O/c1-5-11(2)7-6-8-12(3)9-13(4)10-14/h5,8,10-11H,1,4,6-7,9H2,2-3H3/b12-8+. The molecular formula is C13H20O. The summed E-state index contributed by atoms with van der Waals surface area (Å²) >= 11 is 0. The van der Waals surface area contributed by atoms with E-state index in [0.29, 0.717) is 17.9 Å². The van der Waals surface area contributed by atoms with E-state index < -0.39 is 0 Å². The summed E-state index contributed by atoms with van der Waals surface area (Å²) < 4.78 is 0. The van der Waals surface area contributed by atoms with Gasteiger partial charge in [-0.25, -0.2) is 0 Å². The van der Waals surface area contributed by atoms with Gasteiger partial charge in [-0.15, -0.1) is 6.58 Å². The van der Waals surface area contributed by atoms with Gasteiger partial charge in [0.05, 0.1) is 0 Å². The van der Waals surface area contributed by atoms with Crippen molar-refractivity contribution in [2.45, 2.75) is 33.1 Å². The Kier molecular flexibility index (Phi) is 6.73. The van der Waals surface area contributed by atoms with E-state index in [1.165, 1.54) is 5.57 Å². The third-order valence-electron chi connectivity index (χ3n) is 2.19. The number of hydrogen-bond acceptors (Lipinski definition) is 1. The smallest absolute Gasteiger partial charge is 0.145 e. The summed E-state index contributed by atoms with van der Waals surface area (Å²) in [6, 6.07) is 0. The average Bonchev–Trinajstić information content (AvgIpc) is 2.17. The van der Waals surface area contributed by atoms with Gasteiger partial charge in [0.15, 0.2) is 0 Å². The number of carbonyl (C=O) groups is 1. The van der Waals surface area contributed by atoms with Gasteiger partial charge >= 0.3 is 0 Å². The van der Waals surface area contributed by atoms with Crippen molar-refractivity contribution in [2.24, 2.45) is 5.92 Å². The summed E-state index contributed by atoms with van der Waals surface area (Å²) in [5.41, 5.74) is 1.87. The van der Waals surface area contributed by atoms with Gasteiger partial charge < -0.3 is 0 Å². The van der Waals surface area contributed by atoms with Crippen LogP contribution in [0.5, 0.6) is 0 Å². The molecule has 0 aliphatic heterocycles. The fourth-order valence-electron chi connectivity index (χ4n) is 1.18. The molecule has 0 saturated heterocycles. The lowest BCUT2D eigenvalue weighted by Crippen LogP contribution is -1.88. The summed E-state index contributed by atoms with van der Waals surface area (Å²) in [7, 11) is 0. The van der Waals surface area contributed by atoms with Crippen LogP contribution in [0.4, 0.5) is 0 Å². The van der Waals surface area contributed by atoms with Gasteiger partial charge in [0.1, 0.15) is 6.29 Å². The Balaban J connectivity index is 3.82. The zero-order valence-corrected chi connectivity index (χ0v) is 9.25. The minimum atomic E-state index is 0.563. The average molecular weight is 192 g/mol. The molecule has 1 atom stereocenters. The number of aldehydes is 1. The quantitative estimate of drug-likeness (QED) is 0.341. The van der Waals surface area contributed by atoms with Crippen LogP contribution in [-0.2, 0) is 4.79 Å². The van der Waals surface area contributed by atoms with Crippen molar-refractivity contribution in [3.63, 3.8) is 0 Å². The van der Waals surface area contributed by atoms with Crippen LogP contribution in [0.2, 0.25) is 0 Å². The Labute approximate surface area is 87.2 Å². The van der Waals surface area contributed by atoms with Crippen LogP contribution >= 0.6 is 0 Å². The molecule has 0 saturated carbocycles. The summed E-state index contributed by atoms with van der Waals surface area (Å²) in [6.07, 6.45) is 7.83. The molecule has 78 valence electrons. The number of rotatable bonds is 7. The van der Waals surface area contributed by atoms with Crippen molar-refractivity contribution in [1.29, 1.82) is 0 Å². The normalized spacial score (nSPS) is 13.4. The van der Waals surface area contributed by atoms with Crippen LogP contribution in [0, 0.1) is 5.92 Å². The summed E-state index contributed by atoms with van der Waals surface area (Å²) in [5, 5.41) is 0. The van der Waals surface area contributed by atoms with Crippen molar-refractivity contribution < 1.29 is 4.79 Å². The van der Waals surface area contributed by atoms with Crippen molar-refractivity contribution in [2.75, 3.05) is 0 Å². The first-order valence-corrected chi connectivity index (χ1v) is 5.01. The Morgan fingerprint density at radius 1 is 1.50 bits per heavy atom. The van der Waals surface area contributed by atoms with Gasteiger partial charge in [-0.3, -0.25) is 4.79 Å². The van der Waals surface area contributed by atoms with Crippen LogP contribution in [0.15, 0.2) is 36.5 Å². The van der Waals surface area contributed by atoms with Crippen LogP contribution in [0.3, 0.4) is 0 Å². The molecular weight excluding hydrogens is 172 g/mol. The van der Waals surface area contributed by atoms with Gasteiger partial charge in [-0.1, -0.05) is 31.2 Å². The summed E-state index contributed by atoms with van der Waals surface area (Å²) in [5.74, 6) is 0.563.